The molecule has 5 nitrogen and oxygen atoms in total. The van der Waals surface area contributed by atoms with Gasteiger partial charge >= 0.3 is 0 Å². The summed E-state index contributed by atoms with van der Waals surface area (Å²) in [4.78, 5) is 4.90. The summed E-state index contributed by atoms with van der Waals surface area (Å²) in [6.45, 7) is 0.704. The van der Waals surface area contributed by atoms with Gasteiger partial charge in [-0.25, -0.2) is 0 Å². The molecule has 1 fully saturated rings. The molecule has 1 aliphatic carbocycles. The summed E-state index contributed by atoms with van der Waals surface area (Å²) in [5.41, 5.74) is 2.24. The number of nitrogens with zero attached hydrogens (tertiary/aromatic N) is 2. The average Bonchev–Trinajstić information content (AvgIpc) is 3.01. The van der Waals surface area contributed by atoms with Crippen LogP contribution < -0.4 is 10.6 Å². The lowest BCUT2D eigenvalue weighted by Gasteiger charge is -2.42. The Labute approximate surface area is 130 Å². The maximum absolute atomic E-state index is 4.90. The molecule has 0 atom stereocenters. The SMILES string of the molecule is c1ccc(CN=C2Nc3[nH]ncc3NC23CCCCC3)cc1. The van der Waals surface area contributed by atoms with Crippen molar-refractivity contribution in [1.29, 1.82) is 0 Å². The molecule has 2 heterocycles. The second-order valence-corrected chi connectivity index (χ2v) is 6.20. The minimum atomic E-state index is -0.0517. The number of hydrogen-bond donors (Lipinski definition) is 3. The first kappa shape index (κ1) is 13.4. The van der Waals surface area contributed by atoms with Crippen LogP contribution in [0.2, 0.25) is 0 Å². The average molecular weight is 295 g/mol. The lowest BCUT2D eigenvalue weighted by Crippen LogP contribution is -2.53. The fourth-order valence-corrected chi connectivity index (χ4v) is 3.49. The van der Waals surface area contributed by atoms with E-state index >= 15 is 0 Å². The van der Waals surface area contributed by atoms with E-state index in [1.54, 1.807) is 0 Å². The molecule has 22 heavy (non-hydrogen) atoms. The van der Waals surface area contributed by atoms with E-state index in [0.717, 1.165) is 30.2 Å². The van der Waals surface area contributed by atoms with Gasteiger partial charge in [0.2, 0.25) is 0 Å². The van der Waals surface area contributed by atoms with Crippen LogP contribution in [0, 0.1) is 0 Å². The Morgan fingerprint density at radius 1 is 1.09 bits per heavy atom. The first-order chi connectivity index (χ1) is 10.9. The molecule has 1 aliphatic heterocycles. The van der Waals surface area contributed by atoms with Crippen molar-refractivity contribution >= 4 is 17.3 Å². The van der Waals surface area contributed by atoms with Gasteiger partial charge in [0.25, 0.3) is 0 Å². The van der Waals surface area contributed by atoms with E-state index in [9.17, 15) is 0 Å². The van der Waals surface area contributed by atoms with Crippen LogP contribution in [0.3, 0.4) is 0 Å². The highest BCUT2D eigenvalue weighted by molar-refractivity contribution is 6.08. The predicted molar refractivity (Wildman–Crippen MR) is 89.2 cm³/mol. The van der Waals surface area contributed by atoms with E-state index in [-0.39, 0.29) is 5.54 Å². The second kappa shape index (κ2) is 5.48. The molecular weight excluding hydrogens is 274 g/mol. The molecule has 1 saturated carbocycles. The number of amidine groups is 1. The number of H-pyrrole nitrogens is 1. The van der Waals surface area contributed by atoms with Crippen LogP contribution >= 0.6 is 0 Å². The fourth-order valence-electron chi connectivity index (χ4n) is 3.49. The number of aromatic nitrogens is 2. The molecule has 0 bridgehead atoms. The van der Waals surface area contributed by atoms with Crippen LogP contribution in [0.1, 0.15) is 37.7 Å². The largest absolute Gasteiger partial charge is 0.368 e. The molecule has 0 unspecified atom stereocenters. The minimum absolute atomic E-state index is 0.0517. The Morgan fingerprint density at radius 3 is 2.73 bits per heavy atom. The van der Waals surface area contributed by atoms with Crippen LogP contribution in [0.15, 0.2) is 41.5 Å². The standard InChI is InChI=1S/C17H21N5/c1-3-7-13(8-4-1)11-18-16-17(9-5-2-6-10-17)21-14-12-19-22-15(14)20-16/h1,3-4,7-8,12,21H,2,5-6,9-11H2,(H2,18,19,20,22). The number of anilines is 2. The van der Waals surface area contributed by atoms with Crippen molar-refractivity contribution in [3.8, 4) is 0 Å². The Hall–Kier alpha value is -2.30. The van der Waals surface area contributed by atoms with Gasteiger partial charge in [-0.15, -0.1) is 0 Å². The third-order valence-corrected chi connectivity index (χ3v) is 4.68. The molecule has 5 heteroatoms. The van der Waals surface area contributed by atoms with E-state index in [0.29, 0.717) is 6.54 Å². The molecule has 3 N–H and O–H groups in total. The maximum atomic E-state index is 4.90. The smallest absolute Gasteiger partial charge is 0.150 e. The number of rotatable bonds is 2. The number of aromatic amines is 1. The second-order valence-electron chi connectivity index (χ2n) is 6.20. The Morgan fingerprint density at radius 2 is 1.91 bits per heavy atom. The van der Waals surface area contributed by atoms with Crippen molar-refractivity contribution < 1.29 is 0 Å². The monoisotopic (exact) mass is 295 g/mol. The van der Waals surface area contributed by atoms with Gasteiger partial charge in [-0.1, -0.05) is 49.6 Å². The van der Waals surface area contributed by atoms with Crippen molar-refractivity contribution in [3.63, 3.8) is 0 Å². The van der Waals surface area contributed by atoms with Crippen molar-refractivity contribution in [2.45, 2.75) is 44.2 Å². The van der Waals surface area contributed by atoms with E-state index in [1.807, 2.05) is 12.3 Å². The molecule has 114 valence electrons. The molecule has 1 aromatic heterocycles. The van der Waals surface area contributed by atoms with Gasteiger partial charge in [0.1, 0.15) is 5.84 Å². The summed E-state index contributed by atoms with van der Waals surface area (Å²) in [6, 6.07) is 10.4. The number of nitrogens with one attached hydrogen (secondary N) is 3. The van der Waals surface area contributed by atoms with E-state index < -0.39 is 0 Å². The molecule has 0 radical (unpaired) electrons. The fraction of sp³-hybridized carbons (Fsp3) is 0.412. The van der Waals surface area contributed by atoms with Gasteiger partial charge < -0.3 is 10.6 Å². The molecule has 1 spiro atoms. The summed E-state index contributed by atoms with van der Waals surface area (Å²) >= 11 is 0. The summed E-state index contributed by atoms with van der Waals surface area (Å²) in [6.07, 6.45) is 7.90. The molecule has 4 rings (SSSR count). The van der Waals surface area contributed by atoms with E-state index in [4.69, 9.17) is 4.99 Å². The Balaban J connectivity index is 1.65. The van der Waals surface area contributed by atoms with Crippen LogP contribution in [0.4, 0.5) is 11.5 Å². The predicted octanol–water partition coefficient (Wildman–Crippen LogP) is 3.55. The molecule has 1 aromatic carbocycles. The highest BCUT2D eigenvalue weighted by Crippen LogP contribution is 2.38. The highest BCUT2D eigenvalue weighted by atomic mass is 15.3. The first-order valence-corrected chi connectivity index (χ1v) is 8.03. The summed E-state index contributed by atoms with van der Waals surface area (Å²) in [7, 11) is 0. The number of aliphatic imine (C=N–C) groups is 1. The Bertz CT molecular complexity index is 667. The lowest BCUT2D eigenvalue weighted by atomic mass is 9.79. The normalized spacial score (nSPS) is 21.2. The van der Waals surface area contributed by atoms with Crippen LogP contribution in [-0.4, -0.2) is 21.6 Å². The van der Waals surface area contributed by atoms with E-state index in [1.165, 1.54) is 24.8 Å². The summed E-state index contributed by atoms with van der Waals surface area (Å²) in [5.74, 6) is 1.97. The molecule has 0 saturated heterocycles. The van der Waals surface area contributed by atoms with Gasteiger partial charge in [0.05, 0.1) is 24.0 Å². The number of hydrogen-bond acceptors (Lipinski definition) is 3. The van der Waals surface area contributed by atoms with Gasteiger partial charge in [0, 0.05) is 0 Å². The van der Waals surface area contributed by atoms with Crippen molar-refractivity contribution in [1.82, 2.24) is 10.2 Å². The third kappa shape index (κ3) is 2.36. The van der Waals surface area contributed by atoms with Crippen LogP contribution in [0.5, 0.6) is 0 Å². The van der Waals surface area contributed by atoms with Crippen LogP contribution in [0.25, 0.3) is 0 Å². The first-order valence-electron chi connectivity index (χ1n) is 8.03. The third-order valence-electron chi connectivity index (χ3n) is 4.68. The molecule has 2 aliphatic rings. The van der Waals surface area contributed by atoms with Crippen molar-refractivity contribution in [2.24, 2.45) is 4.99 Å². The molecular formula is C17H21N5. The topological polar surface area (TPSA) is 65.1 Å². The van der Waals surface area contributed by atoms with E-state index in [2.05, 4.69) is 45.1 Å². The number of benzene rings is 1. The summed E-state index contributed by atoms with van der Waals surface area (Å²) < 4.78 is 0. The van der Waals surface area contributed by atoms with Gasteiger partial charge in [-0.2, -0.15) is 5.10 Å². The molecule has 0 amide bonds. The quantitative estimate of drug-likeness (QED) is 0.794. The summed E-state index contributed by atoms with van der Waals surface area (Å²) in [5, 5.41) is 14.3. The van der Waals surface area contributed by atoms with Gasteiger partial charge in [0.15, 0.2) is 5.82 Å². The van der Waals surface area contributed by atoms with Gasteiger partial charge in [-0.3, -0.25) is 10.1 Å². The van der Waals surface area contributed by atoms with Crippen molar-refractivity contribution in [3.05, 3.63) is 42.1 Å². The maximum Gasteiger partial charge on any atom is 0.150 e. The van der Waals surface area contributed by atoms with Crippen molar-refractivity contribution in [2.75, 3.05) is 10.6 Å². The lowest BCUT2D eigenvalue weighted by molar-refractivity contribution is 0.403. The minimum Gasteiger partial charge on any atom is -0.368 e. The Kier molecular flexibility index (Phi) is 3.33. The number of fused-ring (bicyclic) bond motifs is 1. The molecule has 2 aromatic rings. The zero-order chi connectivity index (χ0) is 14.8. The van der Waals surface area contributed by atoms with Crippen LogP contribution in [-0.2, 0) is 6.54 Å². The van der Waals surface area contributed by atoms with Gasteiger partial charge in [-0.05, 0) is 18.4 Å². The highest BCUT2D eigenvalue weighted by Gasteiger charge is 2.41. The zero-order valence-corrected chi connectivity index (χ0v) is 12.6. The zero-order valence-electron chi connectivity index (χ0n) is 12.6.